The number of nitrogens with one attached hydrogen (secondary N) is 1. The zero-order valence-corrected chi connectivity index (χ0v) is 11.3. The predicted octanol–water partition coefficient (Wildman–Crippen LogP) is 0.684. The van der Waals surface area contributed by atoms with Crippen molar-refractivity contribution in [2.24, 2.45) is 11.7 Å². The van der Waals surface area contributed by atoms with E-state index in [4.69, 9.17) is 10.8 Å². The lowest BCUT2D eigenvalue weighted by Gasteiger charge is -2.15. The molecule has 1 amide bonds. The minimum absolute atomic E-state index is 0.162. The number of carbonyl (C=O) groups excluding carboxylic acids is 1. The van der Waals surface area contributed by atoms with E-state index >= 15 is 0 Å². The Kier molecular flexibility index (Phi) is 8.89. The lowest BCUT2D eigenvalue weighted by atomic mass is 10.0. The van der Waals surface area contributed by atoms with E-state index in [1.54, 1.807) is 11.8 Å². The van der Waals surface area contributed by atoms with Gasteiger partial charge in [-0.15, -0.1) is 0 Å². The zero-order chi connectivity index (χ0) is 13.3. The molecule has 0 aliphatic rings. The van der Waals surface area contributed by atoms with Gasteiger partial charge < -0.3 is 16.2 Å². The number of hydrogen-bond acceptors (Lipinski definition) is 4. The van der Waals surface area contributed by atoms with E-state index in [0.717, 1.165) is 12.2 Å². The van der Waals surface area contributed by atoms with Crippen molar-refractivity contribution in [2.75, 3.05) is 18.6 Å². The summed E-state index contributed by atoms with van der Waals surface area (Å²) in [6.07, 6.45) is 3.91. The highest BCUT2D eigenvalue weighted by atomic mass is 32.2. The van der Waals surface area contributed by atoms with Crippen molar-refractivity contribution in [1.29, 1.82) is 0 Å². The van der Waals surface area contributed by atoms with E-state index in [1.165, 1.54) is 0 Å². The molecule has 0 radical (unpaired) electrons. The van der Waals surface area contributed by atoms with E-state index in [1.807, 2.05) is 13.2 Å². The van der Waals surface area contributed by atoms with Crippen LogP contribution in [0, 0.1) is 5.92 Å². The minimum atomic E-state index is -0.871. The third-order valence-corrected chi connectivity index (χ3v) is 3.12. The summed E-state index contributed by atoms with van der Waals surface area (Å²) >= 11 is 1.63. The molecule has 0 aromatic heterocycles. The van der Waals surface area contributed by atoms with Gasteiger partial charge in [-0.3, -0.25) is 9.59 Å². The summed E-state index contributed by atoms with van der Waals surface area (Å²) in [5, 5.41) is 11.5. The SMILES string of the molecule is CCCC(CNC(=O)[C@@H](N)CCSC)C(=O)O. The molecule has 4 N–H and O–H groups in total. The number of carboxylic acids is 1. The van der Waals surface area contributed by atoms with Crippen molar-refractivity contribution >= 4 is 23.6 Å². The number of aliphatic carboxylic acids is 1. The summed E-state index contributed by atoms with van der Waals surface area (Å²) in [6, 6.07) is -0.543. The average Bonchev–Trinajstić information content (AvgIpc) is 2.30. The highest BCUT2D eigenvalue weighted by molar-refractivity contribution is 7.98. The summed E-state index contributed by atoms with van der Waals surface area (Å²) < 4.78 is 0. The third kappa shape index (κ3) is 7.23. The zero-order valence-electron chi connectivity index (χ0n) is 10.4. The van der Waals surface area contributed by atoms with Crippen molar-refractivity contribution < 1.29 is 14.7 Å². The van der Waals surface area contributed by atoms with Crippen LogP contribution in [0.2, 0.25) is 0 Å². The van der Waals surface area contributed by atoms with Crippen LogP contribution in [0.15, 0.2) is 0 Å². The van der Waals surface area contributed by atoms with Gasteiger partial charge in [-0.25, -0.2) is 0 Å². The first-order valence-electron chi connectivity index (χ1n) is 5.77. The summed E-state index contributed by atoms with van der Waals surface area (Å²) in [6.45, 7) is 2.08. The van der Waals surface area contributed by atoms with Gasteiger partial charge in [0.05, 0.1) is 12.0 Å². The summed E-state index contributed by atoms with van der Waals surface area (Å²) in [4.78, 5) is 22.4. The van der Waals surface area contributed by atoms with Crippen LogP contribution in [0.4, 0.5) is 0 Å². The van der Waals surface area contributed by atoms with Crippen molar-refractivity contribution in [2.45, 2.75) is 32.2 Å². The molecule has 0 spiro atoms. The van der Waals surface area contributed by atoms with E-state index in [2.05, 4.69) is 5.32 Å². The molecule has 0 aliphatic carbocycles. The lowest BCUT2D eigenvalue weighted by molar-refractivity contribution is -0.142. The van der Waals surface area contributed by atoms with Gasteiger partial charge in [0.25, 0.3) is 0 Å². The molecule has 0 bridgehead atoms. The molecule has 0 aromatic carbocycles. The largest absolute Gasteiger partial charge is 0.481 e. The summed E-state index contributed by atoms with van der Waals surface area (Å²) in [7, 11) is 0. The molecule has 100 valence electrons. The fourth-order valence-electron chi connectivity index (χ4n) is 1.39. The first kappa shape index (κ1) is 16.2. The van der Waals surface area contributed by atoms with Crippen LogP contribution in [-0.4, -0.2) is 41.6 Å². The Balaban J connectivity index is 3.98. The highest BCUT2D eigenvalue weighted by Gasteiger charge is 2.19. The molecule has 1 unspecified atom stereocenters. The normalized spacial score (nSPS) is 14.1. The number of carboxylic acid groups (broad SMARTS) is 1. The Hall–Kier alpha value is -0.750. The monoisotopic (exact) mass is 262 g/mol. The summed E-state index contributed by atoms with van der Waals surface area (Å²) in [5.41, 5.74) is 5.67. The van der Waals surface area contributed by atoms with Crippen LogP contribution >= 0.6 is 11.8 Å². The first-order chi connectivity index (χ1) is 8.02. The van der Waals surface area contributed by atoms with Gasteiger partial charge >= 0.3 is 5.97 Å². The molecule has 0 fully saturated rings. The molecular formula is C11H22N2O3S. The molecule has 0 heterocycles. The predicted molar refractivity (Wildman–Crippen MR) is 70.0 cm³/mol. The topological polar surface area (TPSA) is 92.4 Å². The van der Waals surface area contributed by atoms with Crippen LogP contribution in [-0.2, 0) is 9.59 Å². The Morgan fingerprint density at radius 3 is 2.53 bits per heavy atom. The number of rotatable bonds is 9. The Labute approximate surface area is 107 Å². The minimum Gasteiger partial charge on any atom is -0.481 e. The second-order valence-electron chi connectivity index (χ2n) is 3.96. The molecular weight excluding hydrogens is 240 g/mol. The van der Waals surface area contributed by atoms with Gasteiger partial charge in [-0.2, -0.15) is 11.8 Å². The maximum Gasteiger partial charge on any atom is 0.308 e. The van der Waals surface area contributed by atoms with Gasteiger partial charge in [0, 0.05) is 6.54 Å². The fraction of sp³-hybridized carbons (Fsp3) is 0.818. The Bertz CT molecular complexity index is 249. The van der Waals surface area contributed by atoms with E-state index in [9.17, 15) is 9.59 Å². The van der Waals surface area contributed by atoms with Gasteiger partial charge in [0.1, 0.15) is 0 Å². The van der Waals surface area contributed by atoms with Crippen LogP contribution in [0.25, 0.3) is 0 Å². The molecule has 0 aromatic rings. The molecule has 0 rings (SSSR count). The highest BCUT2D eigenvalue weighted by Crippen LogP contribution is 2.05. The third-order valence-electron chi connectivity index (χ3n) is 2.48. The molecule has 0 saturated carbocycles. The van der Waals surface area contributed by atoms with Crippen LogP contribution in [0.3, 0.4) is 0 Å². The maximum atomic E-state index is 11.5. The first-order valence-corrected chi connectivity index (χ1v) is 7.17. The molecule has 0 saturated heterocycles. The van der Waals surface area contributed by atoms with Crippen molar-refractivity contribution in [3.8, 4) is 0 Å². The van der Waals surface area contributed by atoms with Crippen molar-refractivity contribution in [3.05, 3.63) is 0 Å². The van der Waals surface area contributed by atoms with Crippen LogP contribution in [0.5, 0.6) is 0 Å². The molecule has 2 atom stereocenters. The Morgan fingerprint density at radius 1 is 1.41 bits per heavy atom. The maximum absolute atomic E-state index is 11.5. The van der Waals surface area contributed by atoms with Crippen molar-refractivity contribution in [3.63, 3.8) is 0 Å². The molecule has 17 heavy (non-hydrogen) atoms. The lowest BCUT2D eigenvalue weighted by Crippen LogP contribution is -2.43. The van der Waals surface area contributed by atoms with E-state index in [0.29, 0.717) is 12.8 Å². The Morgan fingerprint density at radius 2 is 2.06 bits per heavy atom. The van der Waals surface area contributed by atoms with E-state index < -0.39 is 17.9 Å². The van der Waals surface area contributed by atoms with E-state index in [-0.39, 0.29) is 12.5 Å². The number of amides is 1. The summed E-state index contributed by atoms with van der Waals surface area (Å²) in [5.74, 6) is -0.825. The second-order valence-corrected chi connectivity index (χ2v) is 4.94. The molecule has 0 aliphatic heterocycles. The number of carbonyl (C=O) groups is 2. The smallest absolute Gasteiger partial charge is 0.308 e. The van der Waals surface area contributed by atoms with Crippen LogP contribution < -0.4 is 11.1 Å². The van der Waals surface area contributed by atoms with Gasteiger partial charge in [0.2, 0.25) is 5.91 Å². The standard InChI is InChI=1S/C11H22N2O3S/c1-3-4-8(11(15)16)7-13-10(14)9(12)5-6-17-2/h8-9H,3-7,12H2,1-2H3,(H,13,14)(H,15,16)/t8?,9-/m0/s1. The second kappa shape index (κ2) is 9.30. The molecule has 5 nitrogen and oxygen atoms in total. The number of thioether (sulfide) groups is 1. The number of hydrogen-bond donors (Lipinski definition) is 3. The van der Waals surface area contributed by atoms with Crippen LogP contribution in [0.1, 0.15) is 26.2 Å². The quantitative estimate of drug-likeness (QED) is 0.568. The molecule has 6 heteroatoms. The van der Waals surface area contributed by atoms with Crippen molar-refractivity contribution in [1.82, 2.24) is 5.32 Å². The fourth-order valence-corrected chi connectivity index (χ4v) is 1.88. The number of nitrogens with two attached hydrogens (primary N) is 1. The average molecular weight is 262 g/mol. The van der Waals surface area contributed by atoms with Gasteiger partial charge in [0.15, 0.2) is 0 Å². The van der Waals surface area contributed by atoms with Gasteiger partial charge in [-0.05, 0) is 24.9 Å². The van der Waals surface area contributed by atoms with Gasteiger partial charge in [-0.1, -0.05) is 13.3 Å².